The molecule has 1 nitrogen and oxygen atoms in total. The van der Waals surface area contributed by atoms with Crippen LogP contribution in [0, 0.1) is 5.92 Å². The first-order chi connectivity index (χ1) is 2.77. The minimum Gasteiger partial charge on any atom is -1.00 e. The smallest absolute Gasteiger partial charge is 1.00 e. The van der Waals surface area contributed by atoms with Crippen molar-refractivity contribution >= 4 is 46.1 Å². The van der Waals surface area contributed by atoms with Crippen LogP contribution in [0.5, 0.6) is 0 Å². The molecule has 0 aliphatic heterocycles. The van der Waals surface area contributed by atoms with Gasteiger partial charge in [-0.2, -0.15) is 0 Å². The molecule has 0 aromatic rings. The zero-order valence-electron chi connectivity index (χ0n) is 6.78. The van der Waals surface area contributed by atoms with E-state index in [0.29, 0.717) is 5.92 Å². The van der Waals surface area contributed by atoms with E-state index >= 15 is 0 Å². The Balaban J connectivity index is -0.0000000417. The average Bonchev–Trinajstić information content (AvgIpc) is 1.35. The quantitative estimate of drug-likeness (QED) is 0.516. The van der Waals surface area contributed by atoms with Gasteiger partial charge in [0.2, 0.25) is 0 Å². The van der Waals surface area contributed by atoms with Crippen molar-refractivity contribution in [2.75, 3.05) is 6.61 Å². The van der Waals surface area contributed by atoms with Crippen LogP contribution in [0.4, 0.5) is 0 Å². The molecule has 0 rings (SSSR count). The summed E-state index contributed by atoms with van der Waals surface area (Å²) in [6, 6.07) is 0. The van der Waals surface area contributed by atoms with E-state index in [-0.39, 0.29) is 25.9 Å². The molecule has 0 fully saturated rings. The molecule has 0 saturated carbocycles. The predicted octanol–water partition coefficient (Wildman–Crippen LogP) is 1.85. The van der Waals surface area contributed by atoms with E-state index in [2.05, 4.69) is 13.8 Å². The van der Waals surface area contributed by atoms with Crippen molar-refractivity contribution in [3.8, 4) is 0 Å². The third-order valence-corrected chi connectivity index (χ3v) is 0.756. The van der Waals surface area contributed by atoms with Crippen LogP contribution < -0.4 is 0 Å². The summed E-state index contributed by atoms with van der Waals surface area (Å²) in [7, 11) is 0. The molecule has 0 heterocycles. The second-order valence-electron chi connectivity index (χ2n) is 1.67. The molecular weight excluding hydrogens is 215 g/mol. The zero-order chi connectivity index (χ0) is 4.99. The Labute approximate surface area is 78.0 Å². The van der Waals surface area contributed by atoms with Crippen LogP contribution in [-0.2, 0) is 3.07 Å². The molecule has 0 aromatic carbocycles. The maximum Gasteiger partial charge on any atom is 2.00 e. The molecule has 3 heteroatoms. The zero-order valence-corrected chi connectivity index (χ0v) is 8.35. The van der Waals surface area contributed by atoms with Gasteiger partial charge >= 0.3 is 23.1 Å². The molecule has 0 spiro atoms. The largest absolute Gasteiger partial charge is 2.00 e. The van der Waals surface area contributed by atoms with E-state index in [0.717, 1.165) is 6.61 Å². The number of hydrogen-bond donors (Lipinski definition) is 0. The van der Waals surface area contributed by atoms with E-state index in [4.69, 9.17) is 3.07 Å². The second kappa shape index (κ2) is 7.46. The summed E-state index contributed by atoms with van der Waals surface area (Å²) < 4.78 is 4.77. The fourth-order valence-corrected chi connectivity index (χ4v) is 0.845. The van der Waals surface area contributed by atoms with Gasteiger partial charge in [-0.15, -0.1) is 0 Å². The van der Waals surface area contributed by atoms with Gasteiger partial charge in [-0.05, 0) is 5.92 Å². The van der Waals surface area contributed by atoms with Crippen LogP contribution >= 0.6 is 23.0 Å². The fraction of sp³-hybridized carbons (Fsp3) is 1.00. The minimum absolute atomic E-state index is 0. The second-order valence-corrected chi connectivity index (χ2v) is 2.29. The van der Waals surface area contributed by atoms with Gasteiger partial charge in [-0.3, -0.25) is 0 Å². The molecule has 0 saturated heterocycles. The number of rotatable bonds is 2. The summed E-state index contributed by atoms with van der Waals surface area (Å²) in [5.74, 6) is 0.668. The van der Waals surface area contributed by atoms with Crippen molar-refractivity contribution in [2.24, 2.45) is 5.92 Å². The maximum absolute atomic E-state index is 4.77. The molecule has 7 heavy (non-hydrogen) atoms. The Morgan fingerprint density at radius 2 is 2.14 bits per heavy atom. The topological polar surface area (TPSA) is 9.23 Å². The molecule has 42 valence electrons. The van der Waals surface area contributed by atoms with Crippen LogP contribution in [0.25, 0.3) is 0 Å². The van der Waals surface area contributed by atoms with Crippen LogP contribution in [0.15, 0.2) is 0 Å². The van der Waals surface area contributed by atoms with E-state index < -0.39 is 0 Å². The SMILES string of the molecule is CC(C)COI.[H-].[H-].[Mg+2]. The van der Waals surface area contributed by atoms with Gasteiger partial charge < -0.3 is 5.92 Å². The summed E-state index contributed by atoms with van der Waals surface area (Å²) in [6.45, 7) is 5.11. The summed E-state index contributed by atoms with van der Waals surface area (Å²) in [5, 5.41) is 0. The Kier molecular flexibility index (Phi) is 12.0. The standard InChI is InChI=1S/C4H9IO.Mg.2H/c1-4(2)3-6-5;;;/h4H,3H2,1-2H3;;;/q;+2;2*-1. The Bertz CT molecular complexity index is 39.7. The van der Waals surface area contributed by atoms with E-state index in [9.17, 15) is 0 Å². The average molecular weight is 226 g/mol. The van der Waals surface area contributed by atoms with Gasteiger partial charge in [-0.1, -0.05) is 13.8 Å². The first-order valence-electron chi connectivity index (χ1n) is 2.01. The predicted molar refractivity (Wildman–Crippen MR) is 42.8 cm³/mol. The van der Waals surface area contributed by atoms with Crippen LogP contribution in [0.3, 0.4) is 0 Å². The van der Waals surface area contributed by atoms with Crippen LogP contribution in [0.2, 0.25) is 0 Å². The van der Waals surface area contributed by atoms with Gasteiger partial charge in [0.1, 0.15) is 23.0 Å². The van der Waals surface area contributed by atoms with Crippen molar-refractivity contribution < 1.29 is 5.92 Å². The molecular formula is C4H11IMgO. The Morgan fingerprint density at radius 3 is 2.14 bits per heavy atom. The van der Waals surface area contributed by atoms with Gasteiger partial charge in [-0.25, -0.2) is 0 Å². The van der Waals surface area contributed by atoms with Crippen molar-refractivity contribution in [3.05, 3.63) is 0 Å². The van der Waals surface area contributed by atoms with E-state index in [1.165, 1.54) is 0 Å². The molecule has 0 atom stereocenters. The monoisotopic (exact) mass is 226 g/mol. The number of halogens is 1. The minimum atomic E-state index is 0. The van der Waals surface area contributed by atoms with Crippen LogP contribution in [-0.4, -0.2) is 29.7 Å². The van der Waals surface area contributed by atoms with Crippen molar-refractivity contribution in [1.29, 1.82) is 0 Å². The van der Waals surface area contributed by atoms with Crippen molar-refractivity contribution in [1.82, 2.24) is 0 Å². The molecule has 0 N–H and O–H groups in total. The third kappa shape index (κ3) is 11.2. The summed E-state index contributed by atoms with van der Waals surface area (Å²) in [4.78, 5) is 0. The van der Waals surface area contributed by atoms with Gasteiger partial charge in [0.05, 0.1) is 6.61 Å². The Hall–Kier alpha value is 1.46. The van der Waals surface area contributed by atoms with Gasteiger partial charge in [0.25, 0.3) is 0 Å². The first-order valence-corrected chi connectivity index (χ1v) is 2.89. The Morgan fingerprint density at radius 1 is 1.71 bits per heavy atom. The van der Waals surface area contributed by atoms with E-state index in [1.54, 1.807) is 0 Å². The van der Waals surface area contributed by atoms with Crippen LogP contribution in [0.1, 0.15) is 16.7 Å². The summed E-state index contributed by atoms with van der Waals surface area (Å²) in [6.07, 6.45) is 0. The maximum atomic E-state index is 4.77. The molecule has 0 aliphatic carbocycles. The molecule has 0 unspecified atom stereocenters. The molecule has 0 bridgehead atoms. The number of hydrogen-bond acceptors (Lipinski definition) is 1. The first kappa shape index (κ1) is 11.3. The molecule has 0 amide bonds. The summed E-state index contributed by atoms with van der Waals surface area (Å²) in [5.41, 5.74) is 0. The van der Waals surface area contributed by atoms with Gasteiger partial charge in [0, 0.05) is 0 Å². The molecule has 0 radical (unpaired) electrons. The van der Waals surface area contributed by atoms with Crippen molar-refractivity contribution in [2.45, 2.75) is 13.8 Å². The molecule has 0 aliphatic rings. The van der Waals surface area contributed by atoms with Gasteiger partial charge in [0.15, 0.2) is 0 Å². The normalized spacial score (nSPS) is 8.57. The molecule has 0 aromatic heterocycles. The fourth-order valence-electron chi connectivity index (χ4n) is 0.126. The van der Waals surface area contributed by atoms with E-state index in [1.807, 2.05) is 23.0 Å². The summed E-state index contributed by atoms with van der Waals surface area (Å²) >= 11 is 1.90. The van der Waals surface area contributed by atoms with Crippen molar-refractivity contribution in [3.63, 3.8) is 0 Å². The third-order valence-electron chi connectivity index (χ3n) is 0.396.